The fourth-order valence-electron chi connectivity index (χ4n) is 2.70. The van der Waals surface area contributed by atoms with Crippen LogP contribution < -0.4 is 24.8 Å². The summed E-state index contributed by atoms with van der Waals surface area (Å²) in [4.78, 5) is 4.67. The molecular weight excluding hydrogens is 342 g/mol. The topological polar surface area (TPSA) is 64.1 Å². The van der Waals surface area contributed by atoms with Gasteiger partial charge in [-0.15, -0.1) is 0 Å². The van der Waals surface area contributed by atoms with Crippen molar-refractivity contribution in [1.82, 2.24) is 10.6 Å². The Morgan fingerprint density at radius 3 is 2.33 bits per heavy atom. The lowest BCUT2D eigenvalue weighted by Gasteiger charge is -2.13. The van der Waals surface area contributed by atoms with E-state index in [-0.39, 0.29) is 0 Å². The summed E-state index contributed by atoms with van der Waals surface area (Å²) in [5.41, 5.74) is 2.22. The minimum Gasteiger partial charge on any atom is -0.497 e. The van der Waals surface area contributed by atoms with Gasteiger partial charge in [0.05, 0.1) is 27.9 Å². The average molecular weight is 371 g/mol. The van der Waals surface area contributed by atoms with Gasteiger partial charge in [0.2, 0.25) is 0 Å². The van der Waals surface area contributed by atoms with Gasteiger partial charge in [-0.2, -0.15) is 0 Å². The van der Waals surface area contributed by atoms with Gasteiger partial charge in [0.25, 0.3) is 0 Å². The van der Waals surface area contributed by atoms with Crippen molar-refractivity contribution in [3.63, 3.8) is 0 Å². The molecule has 2 rings (SSSR count). The van der Waals surface area contributed by atoms with Crippen LogP contribution in [0.1, 0.15) is 18.1 Å². The number of hydrogen-bond acceptors (Lipinski definition) is 4. The molecule has 6 heteroatoms. The lowest BCUT2D eigenvalue weighted by Crippen LogP contribution is -2.38. The van der Waals surface area contributed by atoms with E-state index in [9.17, 15) is 0 Å². The molecule has 0 aromatic heterocycles. The van der Waals surface area contributed by atoms with Gasteiger partial charge < -0.3 is 24.8 Å². The standard InChI is InChI=1S/C21H29N3O3/c1-5-22-21(23-14-13-16-9-11-18(25-2)12-10-16)24-15-17-7-6-8-19(26-3)20(17)27-4/h6-12H,5,13-15H2,1-4H3,(H2,22,23,24). The summed E-state index contributed by atoms with van der Waals surface area (Å²) in [5.74, 6) is 3.07. The average Bonchev–Trinajstić information content (AvgIpc) is 2.72. The van der Waals surface area contributed by atoms with Crippen LogP contribution >= 0.6 is 0 Å². The summed E-state index contributed by atoms with van der Waals surface area (Å²) in [6.45, 7) is 4.13. The molecule has 0 atom stereocenters. The molecule has 0 saturated carbocycles. The first-order valence-corrected chi connectivity index (χ1v) is 9.06. The van der Waals surface area contributed by atoms with E-state index in [1.807, 2.05) is 37.3 Å². The van der Waals surface area contributed by atoms with E-state index in [1.165, 1.54) is 5.56 Å². The Balaban J connectivity index is 1.97. The number of rotatable bonds is 9. The zero-order chi connectivity index (χ0) is 19.5. The summed E-state index contributed by atoms with van der Waals surface area (Å²) in [6.07, 6.45) is 0.900. The van der Waals surface area contributed by atoms with Crippen molar-refractivity contribution in [2.45, 2.75) is 19.9 Å². The zero-order valence-corrected chi connectivity index (χ0v) is 16.5. The normalized spacial score (nSPS) is 11.0. The molecule has 2 aromatic rings. The van der Waals surface area contributed by atoms with Crippen molar-refractivity contribution >= 4 is 5.96 Å². The molecule has 2 N–H and O–H groups in total. The Morgan fingerprint density at radius 2 is 1.70 bits per heavy atom. The van der Waals surface area contributed by atoms with Crippen LogP contribution in [-0.2, 0) is 13.0 Å². The summed E-state index contributed by atoms with van der Waals surface area (Å²) in [7, 11) is 4.95. The fourth-order valence-corrected chi connectivity index (χ4v) is 2.70. The summed E-state index contributed by atoms with van der Waals surface area (Å²) in [6, 6.07) is 13.9. The molecule has 0 aliphatic rings. The van der Waals surface area contributed by atoms with Crippen molar-refractivity contribution in [2.75, 3.05) is 34.4 Å². The molecule has 0 bridgehead atoms. The maximum absolute atomic E-state index is 5.47. The van der Waals surface area contributed by atoms with Crippen molar-refractivity contribution in [2.24, 2.45) is 4.99 Å². The van der Waals surface area contributed by atoms with E-state index in [2.05, 4.69) is 27.8 Å². The van der Waals surface area contributed by atoms with E-state index in [4.69, 9.17) is 14.2 Å². The molecule has 0 aliphatic heterocycles. The molecule has 27 heavy (non-hydrogen) atoms. The van der Waals surface area contributed by atoms with Crippen LogP contribution in [0.5, 0.6) is 17.2 Å². The molecule has 0 heterocycles. The molecule has 0 amide bonds. The minimum absolute atomic E-state index is 0.498. The quantitative estimate of drug-likeness (QED) is 0.524. The molecule has 0 fully saturated rings. The second kappa shape index (κ2) is 11.0. The number of guanidine groups is 1. The molecule has 0 unspecified atom stereocenters. The third-order valence-corrected chi connectivity index (χ3v) is 4.10. The third kappa shape index (κ3) is 6.09. The number of hydrogen-bond donors (Lipinski definition) is 2. The van der Waals surface area contributed by atoms with Gasteiger partial charge in [-0.05, 0) is 37.1 Å². The zero-order valence-electron chi connectivity index (χ0n) is 16.5. The maximum atomic E-state index is 5.47. The minimum atomic E-state index is 0.498. The van der Waals surface area contributed by atoms with Gasteiger partial charge in [-0.1, -0.05) is 24.3 Å². The Hall–Kier alpha value is -2.89. The molecule has 2 aromatic carbocycles. The summed E-state index contributed by atoms with van der Waals surface area (Å²) < 4.78 is 16.0. The molecular formula is C21H29N3O3. The van der Waals surface area contributed by atoms with E-state index < -0.39 is 0 Å². The molecule has 0 spiro atoms. The number of para-hydroxylation sites is 1. The van der Waals surface area contributed by atoms with Gasteiger partial charge in [-0.25, -0.2) is 4.99 Å². The van der Waals surface area contributed by atoms with Gasteiger partial charge >= 0.3 is 0 Å². The predicted molar refractivity (Wildman–Crippen MR) is 109 cm³/mol. The number of aliphatic imine (C=N–C) groups is 1. The highest BCUT2D eigenvalue weighted by atomic mass is 16.5. The number of nitrogens with one attached hydrogen (secondary N) is 2. The lowest BCUT2D eigenvalue weighted by molar-refractivity contribution is 0.352. The first-order valence-electron chi connectivity index (χ1n) is 9.06. The van der Waals surface area contributed by atoms with Crippen molar-refractivity contribution < 1.29 is 14.2 Å². The first-order chi connectivity index (χ1) is 13.2. The van der Waals surface area contributed by atoms with Gasteiger partial charge in [-0.3, -0.25) is 0 Å². The van der Waals surface area contributed by atoms with Gasteiger partial charge in [0, 0.05) is 18.7 Å². The Labute approximate surface area is 161 Å². The Kier molecular flexibility index (Phi) is 8.29. The molecule has 0 radical (unpaired) electrons. The molecule has 6 nitrogen and oxygen atoms in total. The van der Waals surface area contributed by atoms with Crippen molar-refractivity contribution in [1.29, 1.82) is 0 Å². The largest absolute Gasteiger partial charge is 0.497 e. The van der Waals surface area contributed by atoms with Gasteiger partial charge in [0.15, 0.2) is 17.5 Å². The Bertz CT molecular complexity index is 730. The lowest BCUT2D eigenvalue weighted by atomic mass is 10.1. The van der Waals surface area contributed by atoms with Crippen LogP contribution in [0.25, 0.3) is 0 Å². The number of nitrogens with zero attached hydrogens (tertiary/aromatic N) is 1. The van der Waals surface area contributed by atoms with E-state index in [0.29, 0.717) is 12.3 Å². The van der Waals surface area contributed by atoms with Gasteiger partial charge in [0.1, 0.15) is 5.75 Å². The van der Waals surface area contributed by atoms with Crippen LogP contribution in [0.15, 0.2) is 47.5 Å². The highest BCUT2D eigenvalue weighted by Crippen LogP contribution is 2.31. The van der Waals surface area contributed by atoms with Crippen molar-refractivity contribution in [3.8, 4) is 17.2 Å². The Morgan fingerprint density at radius 1 is 0.926 bits per heavy atom. The first kappa shape index (κ1) is 20.4. The number of benzene rings is 2. The second-order valence-electron chi connectivity index (χ2n) is 5.87. The smallest absolute Gasteiger partial charge is 0.191 e. The fraction of sp³-hybridized carbons (Fsp3) is 0.381. The maximum Gasteiger partial charge on any atom is 0.191 e. The summed E-state index contributed by atoms with van der Waals surface area (Å²) >= 11 is 0. The van der Waals surface area contributed by atoms with Crippen LogP contribution in [0.2, 0.25) is 0 Å². The third-order valence-electron chi connectivity index (χ3n) is 4.10. The SMILES string of the molecule is CCNC(=NCc1cccc(OC)c1OC)NCCc1ccc(OC)cc1. The van der Waals surface area contributed by atoms with Crippen LogP contribution in [0.3, 0.4) is 0 Å². The molecule has 146 valence electrons. The highest BCUT2D eigenvalue weighted by molar-refractivity contribution is 5.79. The number of methoxy groups -OCH3 is 3. The second-order valence-corrected chi connectivity index (χ2v) is 5.87. The monoisotopic (exact) mass is 371 g/mol. The van der Waals surface area contributed by atoms with E-state index in [0.717, 1.165) is 42.5 Å². The van der Waals surface area contributed by atoms with Crippen LogP contribution in [0.4, 0.5) is 0 Å². The highest BCUT2D eigenvalue weighted by Gasteiger charge is 2.09. The predicted octanol–water partition coefficient (Wildman–Crippen LogP) is 3.01. The van der Waals surface area contributed by atoms with Crippen molar-refractivity contribution in [3.05, 3.63) is 53.6 Å². The van der Waals surface area contributed by atoms with Crippen LogP contribution in [0, 0.1) is 0 Å². The molecule has 0 saturated heterocycles. The van der Waals surface area contributed by atoms with E-state index in [1.54, 1.807) is 21.3 Å². The van der Waals surface area contributed by atoms with E-state index >= 15 is 0 Å². The number of ether oxygens (including phenoxy) is 3. The van der Waals surface area contributed by atoms with Crippen LogP contribution in [-0.4, -0.2) is 40.4 Å². The summed E-state index contributed by atoms with van der Waals surface area (Å²) in [5, 5.41) is 6.64. The molecule has 0 aliphatic carbocycles.